The van der Waals surface area contributed by atoms with Crippen LogP contribution in [-0.4, -0.2) is 5.92 Å². The Morgan fingerprint density at radius 2 is 1.47 bits per heavy atom. The molecule has 0 saturated heterocycles. The fourth-order valence-corrected chi connectivity index (χ4v) is 34.8. The summed E-state index contributed by atoms with van der Waals surface area (Å²) in [6, 6.07) is 33.2. The first kappa shape index (κ1) is 26.5. The van der Waals surface area contributed by atoms with Gasteiger partial charge in [0.05, 0.1) is 0 Å². The Hall–Kier alpha value is -1.70. The van der Waals surface area contributed by atoms with Crippen molar-refractivity contribution in [2.45, 2.75) is 49.3 Å². The molecule has 4 aromatic rings. The Balaban J connectivity index is 1.60. The molecule has 0 bridgehead atoms. The molecule has 0 amide bonds. The molecule has 2 aliphatic rings. The molecular weight excluding hydrogens is 599 g/mol. The molecule has 38 heavy (non-hydrogen) atoms. The van der Waals surface area contributed by atoms with Crippen LogP contribution in [0.2, 0.25) is 13.1 Å². The first-order chi connectivity index (χ1) is 18.3. The van der Waals surface area contributed by atoms with Crippen molar-refractivity contribution in [2.24, 2.45) is 0 Å². The zero-order chi connectivity index (χ0) is 26.5. The third-order valence-electron chi connectivity index (χ3n) is 9.01. The van der Waals surface area contributed by atoms with Crippen molar-refractivity contribution < 1.29 is 15.6 Å². The molecule has 2 aliphatic carbocycles. The standard InChI is InChI=1S/C19H19.C13H9.C2H7Si.2ClH.Zr/c1-2-3-8-15-13-17-11-7-12-18(19(17)14-15)16-9-5-4-6-10-16;1-3-7-12-10(5-1)9-11-6-2-4-8-13(11)12;1-3-2;;;/h4-7,9-14H,2-3,8H2,1H3;1-5,7-8H,9H2;3H,1-2H3;2*1H;/q;;;;;+2/p-2. The Morgan fingerprint density at radius 1 is 0.789 bits per heavy atom. The molecule has 4 heteroatoms. The van der Waals surface area contributed by atoms with Gasteiger partial charge >= 0.3 is 238 Å². The molecule has 0 fully saturated rings. The summed E-state index contributed by atoms with van der Waals surface area (Å²) in [5.74, 6) is -1.55. The Kier molecular flexibility index (Phi) is 7.01. The van der Waals surface area contributed by atoms with Crippen LogP contribution in [-0.2, 0) is 22.0 Å². The second-order valence-corrected chi connectivity index (χ2v) is 52.8. The molecule has 0 saturated carbocycles. The SMILES string of the molecule is CCCCC1=Cc2c(-c3ccccc3)cccc2[CH]1[Zr]([Cl])([Cl])([c]1cccc2c1Cc1ccccc1-2)[SiH](C)C. The fourth-order valence-electron chi connectivity index (χ4n) is 6.96. The Bertz CT molecular complexity index is 1550. The molecule has 4 aromatic carbocycles. The van der Waals surface area contributed by atoms with Gasteiger partial charge in [-0.15, -0.1) is 0 Å². The molecule has 6 rings (SSSR count). The molecule has 0 spiro atoms. The van der Waals surface area contributed by atoms with Gasteiger partial charge in [0.1, 0.15) is 0 Å². The van der Waals surface area contributed by atoms with Crippen molar-refractivity contribution in [3.05, 3.63) is 119 Å². The van der Waals surface area contributed by atoms with E-state index in [4.69, 9.17) is 17.0 Å². The molecule has 0 N–H and O–H groups in total. The van der Waals surface area contributed by atoms with Crippen LogP contribution in [0.15, 0.2) is 96.6 Å². The van der Waals surface area contributed by atoms with Gasteiger partial charge in [-0.05, 0) is 0 Å². The normalized spacial score (nSPS) is 16.9. The molecular formula is C34H35Cl2SiZr. The van der Waals surface area contributed by atoms with Gasteiger partial charge in [-0.2, -0.15) is 0 Å². The van der Waals surface area contributed by atoms with Gasteiger partial charge in [0, 0.05) is 0 Å². The van der Waals surface area contributed by atoms with Crippen molar-refractivity contribution >= 4 is 32.3 Å². The number of halogens is 2. The summed E-state index contributed by atoms with van der Waals surface area (Å²) in [6.45, 7) is 7.12. The van der Waals surface area contributed by atoms with Crippen molar-refractivity contribution in [3.8, 4) is 22.3 Å². The van der Waals surface area contributed by atoms with Crippen molar-refractivity contribution in [1.82, 2.24) is 0 Å². The van der Waals surface area contributed by atoms with E-state index in [1.807, 2.05) is 0 Å². The second-order valence-electron chi connectivity index (χ2n) is 11.4. The number of hydrogen-bond acceptors (Lipinski definition) is 0. The van der Waals surface area contributed by atoms with E-state index in [0.29, 0.717) is 0 Å². The number of rotatable bonds is 7. The van der Waals surface area contributed by atoms with E-state index < -0.39 is 21.5 Å². The van der Waals surface area contributed by atoms with E-state index in [2.05, 4.69) is 117 Å². The van der Waals surface area contributed by atoms with E-state index >= 15 is 0 Å². The van der Waals surface area contributed by atoms with Crippen molar-refractivity contribution in [3.63, 3.8) is 0 Å². The minimum absolute atomic E-state index is 0.131. The molecule has 0 radical (unpaired) electrons. The van der Waals surface area contributed by atoms with E-state index in [9.17, 15) is 0 Å². The molecule has 1 atom stereocenters. The van der Waals surface area contributed by atoms with Crippen molar-refractivity contribution in [1.29, 1.82) is 0 Å². The van der Waals surface area contributed by atoms with E-state index in [0.717, 1.165) is 25.7 Å². The van der Waals surface area contributed by atoms with E-state index in [1.54, 1.807) is 0 Å². The van der Waals surface area contributed by atoms with Gasteiger partial charge in [-0.1, -0.05) is 0 Å². The molecule has 0 aromatic heterocycles. The van der Waals surface area contributed by atoms with Gasteiger partial charge in [0.25, 0.3) is 0 Å². The third-order valence-corrected chi connectivity index (χ3v) is 59.0. The predicted molar refractivity (Wildman–Crippen MR) is 167 cm³/mol. The summed E-state index contributed by atoms with van der Waals surface area (Å²) in [7, 11) is 16.8. The Labute approximate surface area is 236 Å². The molecule has 0 heterocycles. The van der Waals surface area contributed by atoms with Crippen LogP contribution < -0.4 is 3.27 Å². The number of hydrogen-bond donors (Lipinski definition) is 0. The summed E-state index contributed by atoms with van der Waals surface area (Å²) in [5.41, 5.74) is 12.2. The first-order valence-corrected chi connectivity index (χ1v) is 30.1. The monoisotopic (exact) mass is 631 g/mol. The number of benzene rings is 4. The van der Waals surface area contributed by atoms with Crippen LogP contribution in [0.1, 0.15) is 52.1 Å². The average molecular weight is 634 g/mol. The fraction of sp³-hybridized carbons (Fsp3) is 0.235. The van der Waals surface area contributed by atoms with Crippen LogP contribution in [0, 0.1) is 0 Å². The predicted octanol–water partition coefficient (Wildman–Crippen LogP) is 9.86. The topological polar surface area (TPSA) is 0 Å². The van der Waals surface area contributed by atoms with Gasteiger partial charge in [0.15, 0.2) is 0 Å². The summed E-state index contributed by atoms with van der Waals surface area (Å²) in [4.78, 5) is 0. The maximum atomic E-state index is 8.38. The molecule has 0 aliphatic heterocycles. The third kappa shape index (κ3) is 4.02. The maximum absolute atomic E-state index is 8.38. The van der Waals surface area contributed by atoms with Crippen LogP contribution in [0.4, 0.5) is 0 Å². The van der Waals surface area contributed by atoms with Gasteiger partial charge in [-0.3, -0.25) is 0 Å². The van der Waals surface area contributed by atoms with Gasteiger partial charge in [0.2, 0.25) is 0 Å². The van der Waals surface area contributed by atoms with Crippen LogP contribution in [0.25, 0.3) is 28.3 Å². The molecule has 1 unspecified atom stereocenters. The number of fused-ring (bicyclic) bond motifs is 4. The summed E-state index contributed by atoms with van der Waals surface area (Å²) < 4.78 is 1.46. The number of allylic oxidation sites excluding steroid dienone is 1. The summed E-state index contributed by atoms with van der Waals surface area (Å²) in [6.07, 6.45) is 6.79. The zero-order valence-electron chi connectivity index (χ0n) is 22.5. The first-order valence-electron chi connectivity index (χ1n) is 14.0. The quantitative estimate of drug-likeness (QED) is 0.157. The van der Waals surface area contributed by atoms with Crippen molar-refractivity contribution in [2.75, 3.05) is 0 Å². The van der Waals surface area contributed by atoms with E-state index in [1.165, 1.54) is 53.4 Å². The zero-order valence-corrected chi connectivity index (χ0v) is 27.6. The molecule has 0 nitrogen and oxygen atoms in total. The summed E-state index contributed by atoms with van der Waals surface area (Å²) >= 11 is -4.69. The Morgan fingerprint density at radius 3 is 2.24 bits per heavy atom. The molecule has 193 valence electrons. The second kappa shape index (κ2) is 10.0. The van der Waals surface area contributed by atoms with E-state index in [-0.39, 0.29) is 3.63 Å². The number of unbranched alkanes of at least 4 members (excludes halogenated alkanes) is 1. The van der Waals surface area contributed by atoms with Crippen LogP contribution in [0.3, 0.4) is 0 Å². The minimum atomic E-state index is -4.69. The van der Waals surface area contributed by atoms with Gasteiger partial charge < -0.3 is 0 Å². The van der Waals surface area contributed by atoms with Crippen LogP contribution >= 0.6 is 17.0 Å². The average Bonchev–Trinajstić information content (AvgIpc) is 3.51. The van der Waals surface area contributed by atoms with Gasteiger partial charge in [-0.25, -0.2) is 0 Å². The van der Waals surface area contributed by atoms with Crippen LogP contribution in [0.5, 0.6) is 0 Å². The summed E-state index contributed by atoms with van der Waals surface area (Å²) in [5, 5.41) is 0.